The van der Waals surface area contributed by atoms with Crippen LogP contribution >= 0.6 is 0 Å². The number of hydrogen-bond donors (Lipinski definition) is 1. The lowest BCUT2D eigenvalue weighted by Crippen LogP contribution is -2.62. The maximum Gasteiger partial charge on any atom is 0.187 e. The van der Waals surface area contributed by atoms with Gasteiger partial charge in [-0.15, -0.1) is 6.58 Å². The van der Waals surface area contributed by atoms with E-state index in [4.69, 9.17) is 23.7 Å². The fourth-order valence-corrected chi connectivity index (χ4v) is 2.98. The van der Waals surface area contributed by atoms with Crippen molar-refractivity contribution in [2.24, 2.45) is 0 Å². The van der Waals surface area contributed by atoms with Gasteiger partial charge in [-0.25, -0.2) is 0 Å². The zero-order chi connectivity index (χ0) is 19.9. The Balaban J connectivity index is 2.96. The van der Waals surface area contributed by atoms with Crippen molar-refractivity contribution in [3.05, 3.63) is 12.7 Å². The summed E-state index contributed by atoms with van der Waals surface area (Å²) in [5.74, 6) is 0. The summed E-state index contributed by atoms with van der Waals surface area (Å²) in [5.41, 5.74) is 0. The van der Waals surface area contributed by atoms with Crippen molar-refractivity contribution in [2.45, 2.75) is 90.0 Å². The highest BCUT2D eigenvalue weighted by Crippen LogP contribution is 2.29. The van der Waals surface area contributed by atoms with Crippen LogP contribution in [0.5, 0.6) is 0 Å². The average Bonchev–Trinajstić information content (AvgIpc) is 2.68. The molecular weight excluding hydrogens is 348 g/mol. The van der Waals surface area contributed by atoms with Crippen molar-refractivity contribution in [3.8, 4) is 0 Å². The van der Waals surface area contributed by atoms with Crippen molar-refractivity contribution in [2.75, 3.05) is 33.0 Å². The molecule has 0 radical (unpaired) electrons. The summed E-state index contributed by atoms with van der Waals surface area (Å²) >= 11 is 0. The van der Waals surface area contributed by atoms with Gasteiger partial charge in [0.15, 0.2) is 6.29 Å². The molecule has 1 aliphatic rings. The van der Waals surface area contributed by atoms with Gasteiger partial charge < -0.3 is 28.8 Å². The number of rotatable bonds is 16. The van der Waals surface area contributed by atoms with Gasteiger partial charge in [0.05, 0.1) is 13.2 Å². The second-order valence-electron chi connectivity index (χ2n) is 6.91. The minimum absolute atomic E-state index is 0.153. The molecular formula is C21H40O6. The summed E-state index contributed by atoms with van der Waals surface area (Å²) in [6.45, 7) is 12.1. The van der Waals surface area contributed by atoms with Gasteiger partial charge in [-0.1, -0.05) is 46.1 Å². The van der Waals surface area contributed by atoms with Gasteiger partial charge in [0.1, 0.15) is 24.4 Å². The topological polar surface area (TPSA) is 66.4 Å². The zero-order valence-electron chi connectivity index (χ0n) is 17.4. The Hall–Kier alpha value is -0.500. The lowest BCUT2D eigenvalue weighted by Gasteiger charge is -2.45. The van der Waals surface area contributed by atoms with Crippen molar-refractivity contribution in [3.63, 3.8) is 0 Å². The van der Waals surface area contributed by atoms with Crippen molar-refractivity contribution >= 4 is 0 Å². The molecule has 27 heavy (non-hydrogen) atoms. The third-order valence-electron chi connectivity index (χ3n) is 4.57. The van der Waals surface area contributed by atoms with Gasteiger partial charge in [0.25, 0.3) is 0 Å². The van der Waals surface area contributed by atoms with E-state index in [1.54, 1.807) is 6.08 Å². The molecule has 5 atom stereocenters. The van der Waals surface area contributed by atoms with Crippen LogP contribution in [0.25, 0.3) is 0 Å². The summed E-state index contributed by atoms with van der Waals surface area (Å²) in [7, 11) is 0. The third kappa shape index (κ3) is 8.59. The van der Waals surface area contributed by atoms with E-state index in [-0.39, 0.29) is 18.8 Å². The van der Waals surface area contributed by atoms with Gasteiger partial charge in [-0.2, -0.15) is 0 Å². The molecule has 0 aromatic rings. The molecule has 5 unspecified atom stereocenters. The molecule has 1 aliphatic heterocycles. The smallest absolute Gasteiger partial charge is 0.187 e. The maximum absolute atomic E-state index is 9.87. The van der Waals surface area contributed by atoms with Crippen LogP contribution in [0.3, 0.4) is 0 Å². The number of hydrogen-bond acceptors (Lipinski definition) is 6. The van der Waals surface area contributed by atoms with Gasteiger partial charge in [0.2, 0.25) is 0 Å². The first-order valence-electron chi connectivity index (χ1n) is 10.6. The number of ether oxygens (including phenoxy) is 5. The van der Waals surface area contributed by atoms with Crippen LogP contribution in [0.2, 0.25) is 0 Å². The van der Waals surface area contributed by atoms with E-state index in [0.717, 1.165) is 38.5 Å². The number of aliphatic hydroxyl groups excluding tert-OH is 1. The van der Waals surface area contributed by atoms with Gasteiger partial charge in [-0.3, -0.25) is 0 Å². The molecule has 0 saturated carbocycles. The Bertz CT molecular complexity index is 365. The highest BCUT2D eigenvalue weighted by Gasteiger charge is 2.48. The highest BCUT2D eigenvalue weighted by molar-refractivity contribution is 4.93. The molecule has 1 fully saturated rings. The number of unbranched alkanes of at least 4 members (excludes halogenated alkanes) is 3. The molecule has 0 aromatic heterocycles. The second-order valence-corrected chi connectivity index (χ2v) is 6.91. The average molecular weight is 389 g/mol. The first-order chi connectivity index (χ1) is 13.2. The van der Waals surface area contributed by atoms with Crippen molar-refractivity contribution < 1.29 is 28.8 Å². The van der Waals surface area contributed by atoms with E-state index >= 15 is 0 Å². The van der Waals surface area contributed by atoms with E-state index in [9.17, 15) is 5.11 Å². The monoisotopic (exact) mass is 388 g/mol. The molecule has 0 spiro atoms. The van der Waals surface area contributed by atoms with Gasteiger partial charge >= 0.3 is 0 Å². The molecule has 0 amide bonds. The molecule has 1 N–H and O–H groups in total. The van der Waals surface area contributed by atoms with E-state index in [1.165, 1.54) is 0 Å². The molecule has 1 saturated heterocycles. The van der Waals surface area contributed by atoms with Crippen LogP contribution in [0.1, 0.15) is 59.3 Å². The quantitative estimate of drug-likeness (QED) is 0.323. The molecule has 6 nitrogen and oxygen atoms in total. The summed E-state index contributed by atoms with van der Waals surface area (Å²) < 4.78 is 30.3. The third-order valence-corrected chi connectivity index (χ3v) is 4.57. The van der Waals surface area contributed by atoms with Crippen molar-refractivity contribution in [1.82, 2.24) is 0 Å². The Kier molecular flexibility index (Phi) is 14.0. The minimum atomic E-state index is -0.616. The normalized spacial score (nSPS) is 28.4. The molecule has 0 aromatic carbocycles. The summed E-state index contributed by atoms with van der Waals surface area (Å²) in [6, 6.07) is 0. The number of aliphatic hydroxyl groups is 1. The Morgan fingerprint density at radius 1 is 0.815 bits per heavy atom. The van der Waals surface area contributed by atoms with Crippen LogP contribution in [0.15, 0.2) is 12.7 Å². The van der Waals surface area contributed by atoms with E-state index < -0.39 is 18.5 Å². The summed E-state index contributed by atoms with van der Waals surface area (Å²) in [5, 5.41) is 9.87. The Labute approximate surface area is 165 Å². The lowest BCUT2D eigenvalue weighted by atomic mass is 9.98. The van der Waals surface area contributed by atoms with Crippen LogP contribution in [0, 0.1) is 0 Å². The van der Waals surface area contributed by atoms with E-state index in [2.05, 4.69) is 27.4 Å². The first-order valence-corrected chi connectivity index (χ1v) is 10.6. The molecule has 0 bridgehead atoms. The predicted molar refractivity (Wildman–Crippen MR) is 106 cm³/mol. The molecule has 160 valence electrons. The van der Waals surface area contributed by atoms with Crippen molar-refractivity contribution in [1.29, 1.82) is 0 Å². The second kappa shape index (κ2) is 15.4. The van der Waals surface area contributed by atoms with Crippen LogP contribution < -0.4 is 0 Å². The molecule has 0 aliphatic carbocycles. The Morgan fingerprint density at radius 2 is 1.33 bits per heavy atom. The predicted octanol–water partition coefficient (Wildman–Crippen LogP) is 3.46. The van der Waals surface area contributed by atoms with Crippen LogP contribution in [-0.2, 0) is 23.7 Å². The van der Waals surface area contributed by atoms with E-state index in [1.807, 2.05) is 0 Å². The summed E-state index contributed by atoms with van der Waals surface area (Å²) in [4.78, 5) is 0. The van der Waals surface area contributed by atoms with E-state index in [0.29, 0.717) is 26.4 Å². The lowest BCUT2D eigenvalue weighted by molar-refractivity contribution is -0.320. The van der Waals surface area contributed by atoms with Gasteiger partial charge in [-0.05, 0) is 19.3 Å². The zero-order valence-corrected chi connectivity index (χ0v) is 17.4. The van der Waals surface area contributed by atoms with Crippen LogP contribution in [0.4, 0.5) is 0 Å². The Morgan fingerprint density at radius 3 is 1.81 bits per heavy atom. The van der Waals surface area contributed by atoms with Crippen LogP contribution in [-0.4, -0.2) is 68.8 Å². The maximum atomic E-state index is 9.87. The summed E-state index contributed by atoms with van der Waals surface area (Å²) in [6.07, 6.45) is 5.44. The standard InChI is InChI=1S/C21H40O6/c1-5-9-13-23-18-17(16-22)27-21(26-12-8-4)20(25-15-11-7-3)19(18)24-14-10-6-2/h8,17-22H,4-7,9-16H2,1-3H3. The van der Waals surface area contributed by atoms with Gasteiger partial charge in [0, 0.05) is 19.8 Å². The molecule has 1 rings (SSSR count). The first kappa shape index (κ1) is 24.5. The largest absolute Gasteiger partial charge is 0.394 e. The highest BCUT2D eigenvalue weighted by atomic mass is 16.7. The molecule has 6 heteroatoms. The minimum Gasteiger partial charge on any atom is -0.394 e. The molecule has 1 heterocycles. The SMILES string of the molecule is C=CCOC1OC(CO)C(OCCCC)C(OCCCC)C1OCCCC. The fraction of sp³-hybridized carbons (Fsp3) is 0.905. The fourth-order valence-electron chi connectivity index (χ4n) is 2.98.